The Labute approximate surface area is 182 Å². The van der Waals surface area contributed by atoms with Crippen LogP contribution in [0.25, 0.3) is 16.7 Å². The Morgan fingerprint density at radius 2 is 2.06 bits per heavy atom. The summed E-state index contributed by atoms with van der Waals surface area (Å²) in [6.45, 7) is 1.87. The van der Waals surface area contributed by atoms with Crippen LogP contribution in [0.15, 0.2) is 47.7 Å². The Kier molecular flexibility index (Phi) is 4.29. The predicted molar refractivity (Wildman–Crippen MR) is 119 cm³/mol. The first-order chi connectivity index (χ1) is 15.2. The summed E-state index contributed by atoms with van der Waals surface area (Å²) >= 11 is 6.44. The van der Waals surface area contributed by atoms with E-state index in [0.29, 0.717) is 27.7 Å². The molecule has 9 heteroatoms. The summed E-state index contributed by atoms with van der Waals surface area (Å²) in [4.78, 5) is 26.3. The molecule has 0 spiro atoms. The molecule has 4 heterocycles. The van der Waals surface area contributed by atoms with Gasteiger partial charge in [-0.25, -0.2) is 14.3 Å². The fourth-order valence-corrected chi connectivity index (χ4v) is 4.36. The van der Waals surface area contributed by atoms with Crippen molar-refractivity contribution in [2.75, 3.05) is 11.9 Å². The zero-order chi connectivity index (χ0) is 20.9. The highest BCUT2D eigenvalue weighted by Crippen LogP contribution is 2.36. The monoisotopic (exact) mass is 433 g/mol. The number of pyridine rings is 1. The minimum absolute atomic E-state index is 0.0989. The molecule has 4 aromatic rings. The van der Waals surface area contributed by atoms with Crippen LogP contribution in [0, 0.1) is 0 Å². The Hall–Kier alpha value is -3.23. The van der Waals surface area contributed by atoms with E-state index in [1.54, 1.807) is 29.3 Å². The number of rotatable bonds is 4. The lowest BCUT2D eigenvalue weighted by Gasteiger charge is -2.18. The third-order valence-electron chi connectivity index (χ3n) is 5.84. The minimum atomic E-state index is -0.0989. The van der Waals surface area contributed by atoms with Gasteiger partial charge in [0.2, 0.25) is 5.95 Å². The Balaban J connectivity index is 1.47. The normalized spacial score (nSPS) is 15.8. The minimum Gasteiger partial charge on any atom is -0.324 e. The van der Waals surface area contributed by atoms with Crippen LogP contribution < -0.4 is 16.2 Å². The van der Waals surface area contributed by atoms with Crippen molar-refractivity contribution in [2.45, 2.75) is 31.8 Å². The van der Waals surface area contributed by atoms with Crippen LogP contribution in [-0.2, 0) is 13.0 Å². The fourth-order valence-electron chi connectivity index (χ4n) is 4.16. The third-order valence-corrected chi connectivity index (χ3v) is 6.14. The van der Waals surface area contributed by atoms with Crippen LogP contribution in [0.3, 0.4) is 0 Å². The van der Waals surface area contributed by atoms with E-state index in [9.17, 15) is 4.79 Å². The molecule has 1 aliphatic carbocycles. The molecule has 0 unspecified atom stereocenters. The van der Waals surface area contributed by atoms with Crippen molar-refractivity contribution in [3.05, 3.63) is 69.4 Å². The number of nitrogens with zero attached hydrogens (tertiary/aromatic N) is 5. The summed E-state index contributed by atoms with van der Waals surface area (Å²) < 4.78 is 3.56. The van der Waals surface area contributed by atoms with E-state index in [1.165, 1.54) is 11.1 Å². The lowest BCUT2D eigenvalue weighted by molar-refractivity contribution is 0.560. The Bertz CT molecular complexity index is 1370. The van der Waals surface area contributed by atoms with Crippen molar-refractivity contribution in [3.8, 4) is 5.69 Å². The van der Waals surface area contributed by atoms with Crippen LogP contribution in [0.2, 0.25) is 5.02 Å². The maximum atomic E-state index is 13.1. The number of hydrogen-bond donors (Lipinski definition) is 2. The second-order valence-electron chi connectivity index (χ2n) is 7.99. The van der Waals surface area contributed by atoms with Gasteiger partial charge < -0.3 is 10.6 Å². The summed E-state index contributed by atoms with van der Waals surface area (Å²) in [6, 6.07) is 8.25. The number of hydrogen-bond acceptors (Lipinski definition) is 6. The maximum absolute atomic E-state index is 13.1. The van der Waals surface area contributed by atoms with Gasteiger partial charge in [-0.05, 0) is 55.1 Å². The SMILES string of the molecule is O=c1c2cnc(Nc3ccc4c(c3)CCNC4)nc2n(-c2ccncc2Cl)n1C1CC1. The zero-order valence-electron chi connectivity index (χ0n) is 16.7. The fraction of sp³-hybridized carbons (Fsp3) is 0.273. The van der Waals surface area contributed by atoms with E-state index in [4.69, 9.17) is 16.6 Å². The van der Waals surface area contributed by atoms with Gasteiger partial charge in [0.1, 0.15) is 5.39 Å². The van der Waals surface area contributed by atoms with Gasteiger partial charge in [0.05, 0.1) is 16.8 Å². The van der Waals surface area contributed by atoms with Crippen LogP contribution in [0.1, 0.15) is 30.0 Å². The molecule has 3 aromatic heterocycles. The van der Waals surface area contributed by atoms with Gasteiger partial charge >= 0.3 is 0 Å². The molecule has 1 fully saturated rings. The van der Waals surface area contributed by atoms with Gasteiger partial charge in [0.15, 0.2) is 5.65 Å². The average molecular weight is 434 g/mol. The van der Waals surface area contributed by atoms with Crippen molar-refractivity contribution >= 4 is 34.3 Å². The Morgan fingerprint density at radius 3 is 2.90 bits per heavy atom. The van der Waals surface area contributed by atoms with E-state index in [1.807, 2.05) is 10.7 Å². The molecule has 8 nitrogen and oxygen atoms in total. The summed E-state index contributed by atoms with van der Waals surface area (Å²) in [5.74, 6) is 0.438. The number of halogens is 1. The molecule has 0 bridgehead atoms. The smallest absolute Gasteiger partial charge is 0.278 e. The summed E-state index contributed by atoms with van der Waals surface area (Å²) in [7, 11) is 0. The van der Waals surface area contributed by atoms with E-state index < -0.39 is 0 Å². The van der Waals surface area contributed by atoms with Crippen molar-refractivity contribution in [1.82, 2.24) is 29.6 Å². The molecule has 0 atom stereocenters. The van der Waals surface area contributed by atoms with Gasteiger partial charge in [-0.2, -0.15) is 4.98 Å². The number of benzene rings is 1. The molecule has 0 saturated heterocycles. The highest BCUT2D eigenvalue weighted by molar-refractivity contribution is 6.32. The number of anilines is 2. The van der Waals surface area contributed by atoms with Crippen molar-refractivity contribution < 1.29 is 0 Å². The molecule has 156 valence electrons. The summed E-state index contributed by atoms with van der Waals surface area (Å²) in [5.41, 5.74) is 4.68. The van der Waals surface area contributed by atoms with Gasteiger partial charge in [-0.3, -0.25) is 9.78 Å². The van der Waals surface area contributed by atoms with Gasteiger partial charge in [-0.15, -0.1) is 0 Å². The molecule has 0 amide bonds. The topological polar surface area (TPSA) is 89.7 Å². The molecule has 1 aromatic carbocycles. The van der Waals surface area contributed by atoms with Crippen molar-refractivity contribution in [3.63, 3.8) is 0 Å². The summed E-state index contributed by atoms with van der Waals surface area (Å²) in [5, 5.41) is 7.62. The van der Waals surface area contributed by atoms with E-state index in [0.717, 1.165) is 38.0 Å². The summed E-state index contributed by atoms with van der Waals surface area (Å²) in [6.07, 6.45) is 7.75. The van der Waals surface area contributed by atoms with Crippen LogP contribution in [0.4, 0.5) is 11.6 Å². The maximum Gasteiger partial charge on any atom is 0.278 e. The van der Waals surface area contributed by atoms with E-state index in [2.05, 4.69) is 32.7 Å². The molecule has 2 aliphatic rings. The molecule has 0 radical (unpaired) electrons. The predicted octanol–water partition coefficient (Wildman–Crippen LogP) is 3.35. The highest BCUT2D eigenvalue weighted by Gasteiger charge is 2.31. The van der Waals surface area contributed by atoms with Gasteiger partial charge in [0, 0.05) is 30.8 Å². The van der Waals surface area contributed by atoms with E-state index in [-0.39, 0.29) is 11.6 Å². The molecular weight excluding hydrogens is 414 g/mol. The standard InChI is InChI=1S/C22H20ClN7O/c23-18-12-25-8-6-19(18)30-20-17(21(31)29(30)16-3-4-16)11-26-22(28-20)27-15-2-1-14-10-24-7-5-13(14)9-15/h1-2,6,8-9,11-12,16,24H,3-5,7,10H2,(H,26,27,28). The number of nitrogens with one attached hydrogen (secondary N) is 2. The van der Waals surface area contributed by atoms with E-state index >= 15 is 0 Å². The van der Waals surface area contributed by atoms with Crippen LogP contribution >= 0.6 is 11.6 Å². The zero-order valence-corrected chi connectivity index (χ0v) is 17.4. The van der Waals surface area contributed by atoms with Gasteiger partial charge in [0.25, 0.3) is 5.56 Å². The molecule has 1 aliphatic heterocycles. The van der Waals surface area contributed by atoms with Crippen molar-refractivity contribution in [2.24, 2.45) is 0 Å². The molecule has 2 N–H and O–H groups in total. The number of fused-ring (bicyclic) bond motifs is 2. The van der Waals surface area contributed by atoms with Crippen LogP contribution in [0.5, 0.6) is 0 Å². The first kappa shape index (κ1) is 18.5. The average Bonchev–Trinajstić information content (AvgIpc) is 3.58. The molecule has 1 saturated carbocycles. The second-order valence-corrected chi connectivity index (χ2v) is 8.39. The molecule has 31 heavy (non-hydrogen) atoms. The highest BCUT2D eigenvalue weighted by atomic mass is 35.5. The first-order valence-electron chi connectivity index (χ1n) is 10.4. The largest absolute Gasteiger partial charge is 0.324 e. The second kappa shape index (κ2) is 7.18. The molecular formula is C22H20ClN7O. The molecule has 6 rings (SSSR count). The van der Waals surface area contributed by atoms with Crippen molar-refractivity contribution in [1.29, 1.82) is 0 Å². The Morgan fingerprint density at radius 1 is 1.16 bits per heavy atom. The quantitative estimate of drug-likeness (QED) is 0.513. The number of aromatic nitrogens is 5. The lowest BCUT2D eigenvalue weighted by Crippen LogP contribution is -2.23. The first-order valence-corrected chi connectivity index (χ1v) is 10.8. The van der Waals surface area contributed by atoms with Crippen LogP contribution in [-0.4, -0.2) is 30.9 Å². The van der Waals surface area contributed by atoms with Gasteiger partial charge in [-0.1, -0.05) is 17.7 Å². The third kappa shape index (κ3) is 3.19. The lowest BCUT2D eigenvalue weighted by atomic mass is 10.0.